The van der Waals surface area contributed by atoms with Crippen LogP contribution in [0.2, 0.25) is 0 Å². The highest BCUT2D eigenvalue weighted by molar-refractivity contribution is 5.81. The Morgan fingerprint density at radius 3 is 2.48 bits per heavy atom. The number of aryl methyl sites for hydroxylation is 1. The molecule has 0 aliphatic carbocycles. The lowest BCUT2D eigenvalue weighted by atomic mass is 10.0. The number of nitrogens with one attached hydrogen (secondary N) is 1. The van der Waals surface area contributed by atoms with Gasteiger partial charge in [-0.1, -0.05) is 0 Å². The molecule has 0 saturated carbocycles. The number of rotatable bonds is 8. The van der Waals surface area contributed by atoms with Gasteiger partial charge in [0.2, 0.25) is 0 Å². The van der Waals surface area contributed by atoms with Gasteiger partial charge in [-0.25, -0.2) is 9.59 Å². The van der Waals surface area contributed by atoms with Gasteiger partial charge in [-0.2, -0.15) is 0 Å². The van der Waals surface area contributed by atoms with Gasteiger partial charge in [0.15, 0.2) is 5.66 Å². The van der Waals surface area contributed by atoms with Crippen molar-refractivity contribution in [1.29, 1.82) is 0 Å². The maximum atomic E-state index is 11.9. The van der Waals surface area contributed by atoms with Crippen LogP contribution in [0.3, 0.4) is 0 Å². The number of aromatic hydroxyl groups is 1. The molecule has 0 aliphatic heterocycles. The Kier molecular flexibility index (Phi) is 5.65. The van der Waals surface area contributed by atoms with Crippen molar-refractivity contribution < 1.29 is 39.1 Å². The molecular formula is C12H17N3O8. The first-order chi connectivity index (χ1) is 10.6. The second-order valence-corrected chi connectivity index (χ2v) is 4.89. The van der Waals surface area contributed by atoms with E-state index in [9.17, 15) is 19.5 Å². The summed E-state index contributed by atoms with van der Waals surface area (Å²) in [6.07, 6.45) is -1.06. The third-order valence-electron chi connectivity index (χ3n) is 3.12. The topological polar surface area (TPSA) is 185 Å². The minimum absolute atomic E-state index is 0.0836. The second-order valence-electron chi connectivity index (χ2n) is 4.89. The fourth-order valence-corrected chi connectivity index (χ4v) is 1.72. The first kappa shape index (κ1) is 18.4. The van der Waals surface area contributed by atoms with Crippen LogP contribution < -0.4 is 11.2 Å². The molecule has 0 aromatic carbocycles. The summed E-state index contributed by atoms with van der Waals surface area (Å²) < 4.78 is 4.70. The third kappa shape index (κ3) is 4.40. The molecule has 0 saturated heterocycles. The number of aliphatic carboxylic acids is 2. The van der Waals surface area contributed by atoms with Crippen LogP contribution >= 0.6 is 0 Å². The SMILES string of the molecule is Cc1onc(O)c1C(C)C(=O)ON[C@@](N)(CCC(=O)O)C(=O)O. The number of hydroxylamine groups is 1. The van der Waals surface area contributed by atoms with E-state index in [1.165, 1.54) is 13.8 Å². The summed E-state index contributed by atoms with van der Waals surface area (Å²) in [5.74, 6) is -5.13. The molecule has 11 nitrogen and oxygen atoms in total. The third-order valence-corrected chi connectivity index (χ3v) is 3.12. The average molecular weight is 331 g/mol. The first-order valence-corrected chi connectivity index (χ1v) is 6.45. The number of nitrogens with zero attached hydrogens (tertiary/aromatic N) is 1. The van der Waals surface area contributed by atoms with Crippen molar-refractivity contribution in [3.05, 3.63) is 11.3 Å². The zero-order chi connectivity index (χ0) is 17.8. The van der Waals surface area contributed by atoms with Crippen LogP contribution in [0.5, 0.6) is 5.88 Å². The van der Waals surface area contributed by atoms with Crippen molar-refractivity contribution in [3.8, 4) is 5.88 Å². The number of carboxylic acid groups (broad SMARTS) is 2. The molecule has 0 radical (unpaired) electrons. The molecule has 2 atom stereocenters. The minimum Gasteiger partial charge on any atom is -0.491 e. The van der Waals surface area contributed by atoms with Gasteiger partial charge in [-0.15, -0.1) is 5.48 Å². The number of aromatic nitrogens is 1. The van der Waals surface area contributed by atoms with Crippen LogP contribution in [0.1, 0.15) is 37.0 Å². The van der Waals surface area contributed by atoms with Crippen LogP contribution in [0.15, 0.2) is 4.52 Å². The highest BCUT2D eigenvalue weighted by Crippen LogP contribution is 2.28. The largest absolute Gasteiger partial charge is 0.491 e. The quantitative estimate of drug-likeness (QED) is 0.304. The Bertz CT molecular complexity index is 594. The van der Waals surface area contributed by atoms with Crippen molar-refractivity contribution >= 4 is 17.9 Å². The van der Waals surface area contributed by atoms with Gasteiger partial charge in [0, 0.05) is 12.8 Å². The molecule has 128 valence electrons. The van der Waals surface area contributed by atoms with Gasteiger partial charge < -0.3 is 30.4 Å². The van der Waals surface area contributed by atoms with Crippen LogP contribution in [0.4, 0.5) is 0 Å². The lowest BCUT2D eigenvalue weighted by molar-refractivity contribution is -0.166. The van der Waals surface area contributed by atoms with E-state index < -0.39 is 48.2 Å². The Balaban J connectivity index is 2.76. The molecule has 23 heavy (non-hydrogen) atoms. The summed E-state index contributed by atoms with van der Waals surface area (Å²) in [6.45, 7) is 2.84. The van der Waals surface area contributed by atoms with E-state index in [-0.39, 0.29) is 11.3 Å². The Morgan fingerprint density at radius 1 is 1.43 bits per heavy atom. The summed E-state index contributed by atoms with van der Waals surface area (Å²) in [4.78, 5) is 38.2. The molecule has 1 aromatic rings. The molecule has 0 aliphatic rings. The number of nitrogens with two attached hydrogens (primary N) is 1. The van der Waals surface area contributed by atoms with Crippen LogP contribution in [0.25, 0.3) is 0 Å². The molecular weight excluding hydrogens is 314 g/mol. The smallest absolute Gasteiger partial charge is 0.341 e. The van der Waals surface area contributed by atoms with Gasteiger partial charge >= 0.3 is 17.9 Å². The van der Waals surface area contributed by atoms with E-state index in [2.05, 4.69) is 9.99 Å². The second kappa shape index (κ2) is 7.07. The van der Waals surface area contributed by atoms with E-state index >= 15 is 0 Å². The zero-order valence-corrected chi connectivity index (χ0v) is 12.4. The van der Waals surface area contributed by atoms with Crippen molar-refractivity contribution in [2.24, 2.45) is 5.73 Å². The highest BCUT2D eigenvalue weighted by atomic mass is 16.7. The fourth-order valence-electron chi connectivity index (χ4n) is 1.72. The predicted molar refractivity (Wildman–Crippen MR) is 72.0 cm³/mol. The summed E-state index contributed by atoms with van der Waals surface area (Å²) in [7, 11) is 0. The lowest BCUT2D eigenvalue weighted by Gasteiger charge is -2.24. The monoisotopic (exact) mass is 331 g/mol. The average Bonchev–Trinajstić information content (AvgIpc) is 2.80. The molecule has 0 fully saturated rings. The first-order valence-electron chi connectivity index (χ1n) is 6.45. The van der Waals surface area contributed by atoms with E-state index in [0.29, 0.717) is 0 Å². The van der Waals surface area contributed by atoms with E-state index in [1.54, 1.807) is 0 Å². The van der Waals surface area contributed by atoms with Gasteiger partial charge in [0.05, 0.1) is 11.5 Å². The normalized spacial score (nSPS) is 14.7. The molecule has 11 heteroatoms. The fraction of sp³-hybridized carbons (Fsp3) is 0.500. The Labute approximate surface area is 130 Å². The Hall–Kier alpha value is -2.66. The summed E-state index contributed by atoms with van der Waals surface area (Å²) in [6, 6.07) is 0. The van der Waals surface area contributed by atoms with Gasteiger partial charge in [-0.05, 0) is 19.0 Å². The molecule has 1 unspecified atom stereocenters. The summed E-state index contributed by atoms with van der Waals surface area (Å²) in [5.41, 5.74) is 5.17. The number of hydrogen-bond acceptors (Lipinski definition) is 9. The molecule has 0 spiro atoms. The maximum absolute atomic E-state index is 11.9. The highest BCUT2D eigenvalue weighted by Gasteiger charge is 2.37. The molecule has 1 rings (SSSR count). The maximum Gasteiger partial charge on any atom is 0.341 e. The Morgan fingerprint density at radius 2 is 2.04 bits per heavy atom. The van der Waals surface area contributed by atoms with E-state index in [0.717, 1.165) is 0 Å². The zero-order valence-electron chi connectivity index (χ0n) is 12.4. The van der Waals surface area contributed by atoms with Gasteiger partial charge in [0.1, 0.15) is 5.76 Å². The lowest BCUT2D eigenvalue weighted by Crippen LogP contribution is -2.60. The standard InChI is InChI=1S/C12H17N3O8/c1-5(8-6(2)22-14-9(8)18)10(19)23-15-12(13,11(20)21)4-3-7(16)17/h5,15H,3-4,13H2,1-2H3,(H,14,18)(H,16,17)(H,20,21)/t5?,12-/m0/s1. The van der Waals surface area contributed by atoms with Gasteiger partial charge in [0.25, 0.3) is 5.88 Å². The molecule has 0 bridgehead atoms. The van der Waals surface area contributed by atoms with Crippen LogP contribution in [0, 0.1) is 6.92 Å². The van der Waals surface area contributed by atoms with Crippen molar-refractivity contribution in [3.63, 3.8) is 0 Å². The van der Waals surface area contributed by atoms with E-state index in [4.69, 9.17) is 20.5 Å². The molecule has 1 heterocycles. The van der Waals surface area contributed by atoms with Crippen LogP contribution in [-0.2, 0) is 19.2 Å². The van der Waals surface area contributed by atoms with E-state index in [1.807, 2.05) is 5.48 Å². The van der Waals surface area contributed by atoms with Crippen molar-refractivity contribution in [1.82, 2.24) is 10.6 Å². The predicted octanol–water partition coefficient (Wildman–Crippen LogP) is -0.556. The number of carbonyl (C=O) groups excluding carboxylic acids is 1. The van der Waals surface area contributed by atoms with Crippen molar-refractivity contribution in [2.75, 3.05) is 0 Å². The summed E-state index contributed by atoms with van der Waals surface area (Å²) in [5, 5.41) is 30.4. The van der Waals surface area contributed by atoms with Crippen LogP contribution in [-0.4, -0.2) is 44.0 Å². The molecule has 1 aromatic heterocycles. The summed E-state index contributed by atoms with van der Waals surface area (Å²) >= 11 is 0. The van der Waals surface area contributed by atoms with Gasteiger partial charge in [-0.3, -0.25) is 4.79 Å². The molecule has 6 N–H and O–H groups in total. The van der Waals surface area contributed by atoms with Crippen molar-refractivity contribution in [2.45, 2.75) is 38.3 Å². The molecule has 0 amide bonds. The minimum atomic E-state index is -2.26. The number of hydrogen-bond donors (Lipinski definition) is 5. The number of carbonyl (C=O) groups is 3. The number of carboxylic acids is 2.